The van der Waals surface area contributed by atoms with Crippen LogP contribution in [0.1, 0.15) is 5.56 Å². The number of halogens is 1. The number of aliphatic hydroxyl groups excluding tert-OH is 1. The number of β-amino-alcohol motifs (C(OH)–C–C–N with tert-alkyl or cyclic N) is 1. The van der Waals surface area contributed by atoms with E-state index in [1.165, 1.54) is 4.31 Å². The molecule has 1 aliphatic rings. The van der Waals surface area contributed by atoms with E-state index in [4.69, 9.17) is 11.6 Å². The highest BCUT2D eigenvalue weighted by atomic mass is 35.5. The monoisotopic (exact) mass is 440 g/mol. The van der Waals surface area contributed by atoms with Crippen LogP contribution in [0, 0.1) is 0 Å². The number of para-hydroxylation sites is 2. The van der Waals surface area contributed by atoms with E-state index in [2.05, 4.69) is 16.7 Å². The van der Waals surface area contributed by atoms with Crippen molar-refractivity contribution in [2.24, 2.45) is 0 Å². The number of fused-ring (bicyclic) bond motifs is 4. The third-order valence-electron chi connectivity index (χ3n) is 5.76. The van der Waals surface area contributed by atoms with E-state index in [9.17, 15) is 13.5 Å². The summed E-state index contributed by atoms with van der Waals surface area (Å²) in [5.41, 5.74) is 2.79. The summed E-state index contributed by atoms with van der Waals surface area (Å²) < 4.78 is 29.5. The zero-order valence-electron chi connectivity index (χ0n) is 16.2. The fourth-order valence-electron chi connectivity index (χ4n) is 4.39. The second-order valence-electron chi connectivity index (χ2n) is 7.66. The first-order valence-corrected chi connectivity index (χ1v) is 11.7. The van der Waals surface area contributed by atoms with E-state index in [1.54, 1.807) is 18.2 Å². The quantitative estimate of drug-likeness (QED) is 0.520. The maximum absolute atomic E-state index is 13.0. The van der Waals surface area contributed by atoms with Crippen molar-refractivity contribution < 1.29 is 13.5 Å². The van der Waals surface area contributed by atoms with Crippen LogP contribution in [-0.4, -0.2) is 41.6 Å². The first kappa shape index (κ1) is 19.6. The van der Waals surface area contributed by atoms with Crippen molar-refractivity contribution in [2.75, 3.05) is 13.1 Å². The van der Waals surface area contributed by atoms with Gasteiger partial charge in [-0.1, -0.05) is 48.0 Å². The third-order valence-corrected chi connectivity index (χ3v) is 7.96. The van der Waals surface area contributed by atoms with Crippen LogP contribution < -0.4 is 0 Å². The molecule has 5 rings (SSSR count). The summed E-state index contributed by atoms with van der Waals surface area (Å²) in [5, 5.41) is 13.6. The minimum Gasteiger partial charge on any atom is -0.390 e. The van der Waals surface area contributed by atoms with Crippen LogP contribution >= 0.6 is 11.6 Å². The molecule has 1 unspecified atom stereocenters. The standard InChI is InChI=1S/C23H21ClN2O3S/c24-17-9-10-23-16(13-17)11-12-25(30(23,28)29)14-18(27)15-26-21-7-3-1-5-19(21)20-6-2-4-8-22(20)26/h1-10,13,18,27H,11-12,14-15H2. The lowest BCUT2D eigenvalue weighted by Gasteiger charge is -2.30. The van der Waals surface area contributed by atoms with Gasteiger partial charge in [0.15, 0.2) is 0 Å². The van der Waals surface area contributed by atoms with Gasteiger partial charge in [0.2, 0.25) is 10.0 Å². The summed E-state index contributed by atoms with van der Waals surface area (Å²) in [7, 11) is -3.65. The Balaban J connectivity index is 1.44. The van der Waals surface area contributed by atoms with Gasteiger partial charge in [-0.15, -0.1) is 0 Å². The average molecular weight is 441 g/mol. The molecule has 0 aliphatic carbocycles. The van der Waals surface area contributed by atoms with E-state index in [0.29, 0.717) is 24.5 Å². The highest BCUT2D eigenvalue weighted by Gasteiger charge is 2.32. The second kappa shape index (κ2) is 7.39. The maximum Gasteiger partial charge on any atom is 0.243 e. The lowest BCUT2D eigenvalue weighted by Crippen LogP contribution is -2.42. The zero-order chi connectivity index (χ0) is 20.9. The Hall–Kier alpha value is -2.38. The van der Waals surface area contributed by atoms with E-state index in [0.717, 1.165) is 27.4 Å². The molecule has 0 saturated carbocycles. The molecule has 0 saturated heterocycles. The van der Waals surface area contributed by atoms with Gasteiger partial charge in [0.1, 0.15) is 0 Å². The van der Waals surface area contributed by atoms with Crippen molar-refractivity contribution in [1.29, 1.82) is 0 Å². The van der Waals surface area contributed by atoms with Crippen molar-refractivity contribution in [1.82, 2.24) is 8.87 Å². The van der Waals surface area contributed by atoms with Crippen molar-refractivity contribution in [3.63, 3.8) is 0 Å². The fraction of sp³-hybridized carbons (Fsp3) is 0.217. The lowest BCUT2D eigenvalue weighted by atomic mass is 10.1. The molecule has 0 radical (unpaired) electrons. The molecule has 30 heavy (non-hydrogen) atoms. The summed E-state index contributed by atoms with van der Waals surface area (Å²) >= 11 is 6.01. The average Bonchev–Trinajstić information content (AvgIpc) is 3.04. The Morgan fingerprint density at radius 3 is 2.23 bits per heavy atom. The highest BCUT2D eigenvalue weighted by Crippen LogP contribution is 2.31. The number of benzene rings is 3. The molecule has 0 bridgehead atoms. The molecule has 0 fully saturated rings. The predicted molar refractivity (Wildman–Crippen MR) is 119 cm³/mol. The number of aliphatic hydroxyl groups is 1. The van der Waals surface area contributed by atoms with Crippen molar-refractivity contribution in [2.45, 2.75) is 24.0 Å². The van der Waals surface area contributed by atoms with Crippen LogP contribution in [-0.2, 0) is 23.0 Å². The van der Waals surface area contributed by atoms with E-state index >= 15 is 0 Å². The number of sulfonamides is 1. The van der Waals surface area contributed by atoms with Crippen molar-refractivity contribution in [3.8, 4) is 0 Å². The van der Waals surface area contributed by atoms with Gasteiger partial charge in [-0.3, -0.25) is 0 Å². The summed E-state index contributed by atoms with van der Waals surface area (Å²) in [6, 6.07) is 21.0. The van der Waals surface area contributed by atoms with Gasteiger partial charge in [-0.25, -0.2) is 8.42 Å². The van der Waals surface area contributed by atoms with Crippen LogP contribution in [0.25, 0.3) is 21.8 Å². The zero-order valence-corrected chi connectivity index (χ0v) is 17.8. The maximum atomic E-state index is 13.0. The molecule has 154 valence electrons. The number of rotatable bonds is 4. The molecular formula is C23H21ClN2O3S. The Kier molecular flexibility index (Phi) is 4.82. The van der Waals surface area contributed by atoms with Crippen LogP contribution in [0.2, 0.25) is 5.02 Å². The van der Waals surface area contributed by atoms with Crippen LogP contribution in [0.5, 0.6) is 0 Å². The Bertz CT molecular complexity index is 1310. The number of aromatic nitrogens is 1. The van der Waals surface area contributed by atoms with Crippen molar-refractivity contribution >= 4 is 43.4 Å². The topological polar surface area (TPSA) is 62.5 Å². The molecule has 1 aliphatic heterocycles. The Morgan fingerprint density at radius 2 is 1.57 bits per heavy atom. The highest BCUT2D eigenvalue weighted by molar-refractivity contribution is 7.89. The summed E-state index contributed by atoms with van der Waals surface area (Å²) in [6.45, 7) is 0.693. The molecule has 0 amide bonds. The Labute approximate surface area is 180 Å². The minimum absolute atomic E-state index is 0.0469. The molecule has 4 aromatic rings. The van der Waals surface area contributed by atoms with Crippen molar-refractivity contribution in [3.05, 3.63) is 77.3 Å². The van der Waals surface area contributed by atoms with Gasteiger partial charge in [0, 0.05) is 39.9 Å². The molecule has 7 heteroatoms. The normalized spacial score (nSPS) is 17.3. The van der Waals surface area contributed by atoms with Gasteiger partial charge in [0.05, 0.1) is 17.5 Å². The molecule has 0 spiro atoms. The first-order chi connectivity index (χ1) is 14.4. The minimum atomic E-state index is -3.65. The number of hydrogen-bond acceptors (Lipinski definition) is 3. The second-order valence-corrected chi connectivity index (χ2v) is 10.0. The lowest BCUT2D eigenvalue weighted by molar-refractivity contribution is 0.129. The smallest absolute Gasteiger partial charge is 0.243 e. The largest absolute Gasteiger partial charge is 0.390 e. The van der Waals surface area contributed by atoms with Crippen LogP contribution in [0.4, 0.5) is 0 Å². The first-order valence-electron chi connectivity index (χ1n) is 9.88. The predicted octanol–water partition coefficient (Wildman–Crippen LogP) is 4.06. The SMILES string of the molecule is O=S1(=O)c2ccc(Cl)cc2CCN1CC(O)Cn1c2ccccc2c2ccccc21. The van der Waals surface area contributed by atoms with Gasteiger partial charge in [-0.2, -0.15) is 4.31 Å². The molecule has 3 aromatic carbocycles. The van der Waals surface area contributed by atoms with Gasteiger partial charge < -0.3 is 9.67 Å². The third kappa shape index (κ3) is 3.20. The molecule has 1 aromatic heterocycles. The summed E-state index contributed by atoms with van der Waals surface area (Å²) in [6.07, 6.45) is -0.259. The summed E-state index contributed by atoms with van der Waals surface area (Å²) in [4.78, 5) is 0.280. The summed E-state index contributed by atoms with van der Waals surface area (Å²) in [5.74, 6) is 0. The fourth-order valence-corrected chi connectivity index (χ4v) is 6.30. The van der Waals surface area contributed by atoms with Gasteiger partial charge in [0.25, 0.3) is 0 Å². The van der Waals surface area contributed by atoms with E-state index in [1.807, 2.05) is 36.4 Å². The van der Waals surface area contributed by atoms with Crippen LogP contribution in [0.3, 0.4) is 0 Å². The van der Waals surface area contributed by atoms with E-state index in [-0.39, 0.29) is 11.4 Å². The molecule has 1 N–H and O–H groups in total. The number of hydrogen-bond donors (Lipinski definition) is 1. The van der Waals surface area contributed by atoms with E-state index < -0.39 is 16.1 Å². The van der Waals surface area contributed by atoms with Gasteiger partial charge >= 0.3 is 0 Å². The molecule has 2 heterocycles. The molecular weight excluding hydrogens is 420 g/mol. The van der Waals surface area contributed by atoms with Crippen LogP contribution in [0.15, 0.2) is 71.6 Å². The Morgan fingerprint density at radius 1 is 0.933 bits per heavy atom. The number of nitrogens with zero attached hydrogens (tertiary/aromatic N) is 2. The molecule has 1 atom stereocenters. The molecule has 5 nitrogen and oxygen atoms in total. The van der Waals surface area contributed by atoms with Gasteiger partial charge in [-0.05, 0) is 42.3 Å².